The van der Waals surface area contributed by atoms with Crippen molar-refractivity contribution in [1.82, 2.24) is 9.97 Å². The molecule has 0 aromatic carbocycles. The number of nitrogens with two attached hydrogens (primary N) is 1. The molecule has 0 radical (unpaired) electrons. The zero-order chi connectivity index (χ0) is 10.7. The molecule has 5 nitrogen and oxygen atoms in total. The molecule has 1 aromatic rings. The number of nitrogens with one attached hydrogen (secondary N) is 1. The van der Waals surface area contributed by atoms with Crippen LogP contribution in [0.3, 0.4) is 0 Å². The van der Waals surface area contributed by atoms with E-state index in [1.165, 1.54) is 6.20 Å². The number of hydrogen-bond acceptors (Lipinski definition) is 5. The van der Waals surface area contributed by atoms with E-state index in [1.807, 2.05) is 0 Å². The van der Waals surface area contributed by atoms with Crippen molar-refractivity contribution >= 4 is 23.1 Å². The third-order valence-corrected chi connectivity index (χ3v) is 2.49. The number of nitrogens with zero attached hydrogens (tertiary/aromatic N) is 2. The minimum atomic E-state index is 0.194. The molecule has 3 N–H and O–H groups in total. The fourth-order valence-corrected chi connectivity index (χ4v) is 1.66. The molecule has 1 fully saturated rings. The van der Waals surface area contributed by atoms with E-state index in [-0.39, 0.29) is 11.4 Å². The molecule has 2 rings (SSSR count). The van der Waals surface area contributed by atoms with Crippen LogP contribution in [-0.2, 0) is 4.74 Å². The summed E-state index contributed by atoms with van der Waals surface area (Å²) in [6.45, 7) is 1.55. The summed E-state index contributed by atoms with van der Waals surface area (Å²) in [5.41, 5.74) is 6.18. The third-order valence-electron chi connectivity index (χ3n) is 2.31. The fourth-order valence-electron chi connectivity index (χ4n) is 1.53. The zero-order valence-corrected chi connectivity index (χ0v) is 9.00. The van der Waals surface area contributed by atoms with Crippen LogP contribution in [0.25, 0.3) is 0 Å². The second-order valence-electron chi connectivity index (χ2n) is 3.46. The predicted octanol–water partition coefficient (Wildman–Crippen LogP) is 1.30. The summed E-state index contributed by atoms with van der Waals surface area (Å²) in [7, 11) is 0. The van der Waals surface area contributed by atoms with E-state index in [2.05, 4.69) is 15.3 Å². The lowest BCUT2D eigenvalue weighted by molar-refractivity contribution is 0.120. The minimum Gasteiger partial charge on any atom is -0.394 e. The summed E-state index contributed by atoms with van der Waals surface area (Å²) in [6.07, 6.45) is 3.93. The van der Waals surface area contributed by atoms with E-state index in [1.54, 1.807) is 0 Å². The van der Waals surface area contributed by atoms with Gasteiger partial charge >= 0.3 is 0 Å². The molecule has 1 aliphatic rings. The number of aromatic nitrogens is 2. The molecule has 0 aliphatic carbocycles. The van der Waals surface area contributed by atoms with Gasteiger partial charge in [-0.15, -0.1) is 0 Å². The number of hydrogen-bond donors (Lipinski definition) is 2. The second-order valence-corrected chi connectivity index (χ2v) is 3.80. The Labute approximate surface area is 93.0 Å². The molecule has 6 heteroatoms. The van der Waals surface area contributed by atoms with Crippen molar-refractivity contribution < 1.29 is 4.74 Å². The number of anilines is 2. The molecule has 1 atom stereocenters. The van der Waals surface area contributed by atoms with Crippen LogP contribution < -0.4 is 11.1 Å². The summed E-state index contributed by atoms with van der Waals surface area (Å²) in [4.78, 5) is 7.77. The lowest BCUT2D eigenvalue weighted by Crippen LogP contribution is -2.19. The van der Waals surface area contributed by atoms with Crippen LogP contribution in [0, 0.1) is 0 Å². The predicted molar refractivity (Wildman–Crippen MR) is 58.9 cm³/mol. The Hall–Kier alpha value is -1.07. The molecule has 0 unspecified atom stereocenters. The Bertz CT molecular complexity index is 341. The van der Waals surface area contributed by atoms with Gasteiger partial charge in [0.15, 0.2) is 5.82 Å². The summed E-state index contributed by atoms with van der Waals surface area (Å²) >= 11 is 5.66. The quantitative estimate of drug-likeness (QED) is 0.763. The maximum Gasteiger partial charge on any atom is 0.224 e. The molecule has 15 heavy (non-hydrogen) atoms. The number of rotatable bonds is 3. The van der Waals surface area contributed by atoms with Gasteiger partial charge in [0.2, 0.25) is 5.28 Å². The van der Waals surface area contributed by atoms with Gasteiger partial charge < -0.3 is 15.8 Å². The first kappa shape index (κ1) is 10.4. The highest BCUT2D eigenvalue weighted by Gasteiger charge is 2.15. The minimum absolute atomic E-state index is 0.194. The maximum absolute atomic E-state index is 5.69. The fraction of sp³-hybridized carbons (Fsp3) is 0.556. The molecule has 1 aliphatic heterocycles. The van der Waals surface area contributed by atoms with Gasteiger partial charge in [-0.05, 0) is 24.4 Å². The van der Waals surface area contributed by atoms with E-state index < -0.39 is 0 Å². The number of ether oxygens (including phenoxy) is 1. The van der Waals surface area contributed by atoms with Gasteiger partial charge in [0, 0.05) is 13.2 Å². The van der Waals surface area contributed by atoms with Gasteiger partial charge in [0.1, 0.15) is 0 Å². The van der Waals surface area contributed by atoms with Crippen LogP contribution in [0.4, 0.5) is 11.5 Å². The summed E-state index contributed by atoms with van der Waals surface area (Å²) in [5.74, 6) is 0.575. The van der Waals surface area contributed by atoms with Crippen LogP contribution in [0.2, 0.25) is 5.28 Å². The highest BCUT2D eigenvalue weighted by atomic mass is 35.5. The second kappa shape index (κ2) is 4.63. The number of nitrogen functional groups attached to an aromatic ring is 1. The highest BCUT2D eigenvalue weighted by Crippen LogP contribution is 2.17. The molecule has 0 saturated carbocycles. The normalized spacial score (nSPS) is 20.5. The van der Waals surface area contributed by atoms with Gasteiger partial charge in [-0.3, -0.25) is 0 Å². The monoisotopic (exact) mass is 228 g/mol. The van der Waals surface area contributed by atoms with Crippen molar-refractivity contribution in [2.45, 2.75) is 18.9 Å². The maximum atomic E-state index is 5.69. The molecule has 0 spiro atoms. The molecule has 1 saturated heterocycles. The molecule has 2 heterocycles. The van der Waals surface area contributed by atoms with Crippen LogP contribution in [0.5, 0.6) is 0 Å². The van der Waals surface area contributed by atoms with Gasteiger partial charge in [0.05, 0.1) is 18.0 Å². The van der Waals surface area contributed by atoms with E-state index in [0.29, 0.717) is 18.1 Å². The molecule has 1 aromatic heterocycles. The largest absolute Gasteiger partial charge is 0.394 e. The highest BCUT2D eigenvalue weighted by molar-refractivity contribution is 6.28. The Balaban J connectivity index is 1.94. The lowest BCUT2D eigenvalue weighted by Gasteiger charge is -2.12. The van der Waals surface area contributed by atoms with Crippen molar-refractivity contribution in [3.8, 4) is 0 Å². The average molecular weight is 229 g/mol. The molecule has 0 bridgehead atoms. The molecule has 0 amide bonds. The lowest BCUT2D eigenvalue weighted by atomic mass is 10.2. The topological polar surface area (TPSA) is 73.1 Å². The first-order valence-electron chi connectivity index (χ1n) is 4.89. The van der Waals surface area contributed by atoms with Gasteiger partial charge in [-0.2, -0.15) is 4.98 Å². The first-order chi connectivity index (χ1) is 7.25. The molecular formula is C9H13ClN4O. The van der Waals surface area contributed by atoms with E-state index in [4.69, 9.17) is 22.1 Å². The van der Waals surface area contributed by atoms with E-state index in [9.17, 15) is 0 Å². The summed E-state index contributed by atoms with van der Waals surface area (Å²) in [6, 6.07) is 0. The Morgan fingerprint density at radius 3 is 3.27 bits per heavy atom. The SMILES string of the molecule is Nc1cnc(Cl)nc1NC[C@@H]1CCCO1. The van der Waals surface area contributed by atoms with Crippen LogP contribution >= 0.6 is 11.6 Å². The third kappa shape index (κ3) is 2.70. The molecule has 82 valence electrons. The Morgan fingerprint density at radius 1 is 1.67 bits per heavy atom. The van der Waals surface area contributed by atoms with Gasteiger partial charge in [-0.25, -0.2) is 4.98 Å². The van der Waals surface area contributed by atoms with Crippen molar-refractivity contribution in [2.75, 3.05) is 24.2 Å². The average Bonchev–Trinajstić information content (AvgIpc) is 2.72. The molecular weight excluding hydrogens is 216 g/mol. The Kier molecular flexibility index (Phi) is 3.23. The smallest absolute Gasteiger partial charge is 0.224 e. The number of halogens is 1. The first-order valence-corrected chi connectivity index (χ1v) is 5.27. The van der Waals surface area contributed by atoms with Crippen molar-refractivity contribution in [2.24, 2.45) is 0 Å². The van der Waals surface area contributed by atoms with Gasteiger partial charge in [-0.1, -0.05) is 0 Å². The van der Waals surface area contributed by atoms with Gasteiger partial charge in [0.25, 0.3) is 0 Å². The van der Waals surface area contributed by atoms with Crippen LogP contribution in [0.15, 0.2) is 6.20 Å². The summed E-state index contributed by atoms with van der Waals surface area (Å²) in [5, 5.41) is 3.30. The van der Waals surface area contributed by atoms with Crippen LogP contribution in [0.1, 0.15) is 12.8 Å². The van der Waals surface area contributed by atoms with Crippen molar-refractivity contribution in [1.29, 1.82) is 0 Å². The summed E-state index contributed by atoms with van der Waals surface area (Å²) < 4.78 is 5.47. The van der Waals surface area contributed by atoms with Crippen LogP contribution in [-0.4, -0.2) is 29.2 Å². The Morgan fingerprint density at radius 2 is 2.53 bits per heavy atom. The van der Waals surface area contributed by atoms with E-state index >= 15 is 0 Å². The zero-order valence-electron chi connectivity index (χ0n) is 8.24. The van der Waals surface area contributed by atoms with Crippen molar-refractivity contribution in [3.05, 3.63) is 11.5 Å². The standard InChI is InChI=1S/C9H13ClN4O/c10-9-13-5-7(11)8(14-9)12-4-6-2-1-3-15-6/h5-6H,1-4,11H2,(H,12,13,14)/t6-/m0/s1. The van der Waals surface area contributed by atoms with Crippen molar-refractivity contribution in [3.63, 3.8) is 0 Å². The van der Waals surface area contributed by atoms with E-state index in [0.717, 1.165) is 19.4 Å².